The van der Waals surface area contributed by atoms with Gasteiger partial charge in [0.2, 0.25) is 5.91 Å². The Balaban J connectivity index is 2.70. The lowest BCUT2D eigenvalue weighted by Crippen LogP contribution is -2.27. The normalized spacial score (nSPS) is 11.7. The molecule has 0 saturated carbocycles. The molecule has 0 spiro atoms. The Labute approximate surface area is 130 Å². The van der Waals surface area contributed by atoms with Crippen molar-refractivity contribution in [2.24, 2.45) is 5.92 Å². The van der Waals surface area contributed by atoms with Gasteiger partial charge >= 0.3 is 0 Å². The monoisotopic (exact) mass is 309 g/mol. The second kappa shape index (κ2) is 8.38. The molecule has 1 unspecified atom stereocenters. The maximum atomic E-state index is 12.3. The van der Waals surface area contributed by atoms with Gasteiger partial charge in [0.1, 0.15) is 0 Å². The second-order valence-corrected chi connectivity index (χ2v) is 5.08. The van der Waals surface area contributed by atoms with Crippen molar-refractivity contribution in [3.63, 3.8) is 0 Å². The molecule has 0 fully saturated rings. The smallest absolute Gasteiger partial charge is 0.246 e. The van der Waals surface area contributed by atoms with Gasteiger partial charge in [0.25, 0.3) is 0 Å². The lowest BCUT2D eigenvalue weighted by Gasteiger charge is -2.16. The highest BCUT2D eigenvalue weighted by atomic mass is 16.7. The largest absolute Gasteiger partial charge is 0.493 e. The summed E-state index contributed by atoms with van der Waals surface area (Å²) in [5, 5.41) is 1.16. The van der Waals surface area contributed by atoms with Crippen LogP contribution in [-0.2, 0) is 9.63 Å². The van der Waals surface area contributed by atoms with Crippen LogP contribution in [0.5, 0.6) is 11.5 Å². The van der Waals surface area contributed by atoms with Crippen molar-refractivity contribution in [2.45, 2.75) is 19.8 Å². The molecule has 0 aromatic heterocycles. The number of ether oxygens (including phenoxy) is 2. The summed E-state index contributed by atoms with van der Waals surface area (Å²) in [4.78, 5) is 28.9. The summed E-state index contributed by atoms with van der Waals surface area (Å²) in [6.45, 7) is 1.86. The van der Waals surface area contributed by atoms with Crippen molar-refractivity contribution >= 4 is 11.7 Å². The Morgan fingerprint density at radius 1 is 1.09 bits per heavy atom. The highest BCUT2D eigenvalue weighted by Gasteiger charge is 2.18. The number of rotatable bonds is 8. The van der Waals surface area contributed by atoms with E-state index >= 15 is 0 Å². The Bertz CT molecular complexity index is 529. The third kappa shape index (κ3) is 4.73. The van der Waals surface area contributed by atoms with Gasteiger partial charge in [-0.05, 0) is 24.1 Å². The number of carbonyl (C=O) groups excluding carboxylic acids is 2. The molecule has 122 valence electrons. The number of hydroxylamine groups is 2. The zero-order chi connectivity index (χ0) is 16.7. The fraction of sp³-hybridized carbons (Fsp3) is 0.500. The standard InChI is InChI=1S/C16H23NO5/c1-11(9-16(19)17(2)22-5)8-13(18)12-6-7-14(20-3)15(10-12)21-4/h6-7,10-11H,8-9H2,1-5H3. The van der Waals surface area contributed by atoms with Gasteiger partial charge in [-0.1, -0.05) is 6.92 Å². The average Bonchev–Trinajstić information content (AvgIpc) is 2.52. The molecule has 0 aliphatic rings. The quantitative estimate of drug-likeness (QED) is 0.544. The topological polar surface area (TPSA) is 65.1 Å². The third-order valence-corrected chi connectivity index (χ3v) is 3.39. The molecule has 0 saturated heterocycles. The summed E-state index contributed by atoms with van der Waals surface area (Å²) < 4.78 is 10.3. The van der Waals surface area contributed by atoms with Crippen LogP contribution in [0.3, 0.4) is 0 Å². The average molecular weight is 309 g/mol. The molecule has 0 aliphatic heterocycles. The number of amides is 1. The van der Waals surface area contributed by atoms with E-state index in [2.05, 4.69) is 0 Å². The van der Waals surface area contributed by atoms with Crippen LogP contribution >= 0.6 is 0 Å². The van der Waals surface area contributed by atoms with Crippen molar-refractivity contribution in [2.75, 3.05) is 28.4 Å². The van der Waals surface area contributed by atoms with E-state index in [-0.39, 0.29) is 30.4 Å². The van der Waals surface area contributed by atoms with E-state index in [0.717, 1.165) is 5.06 Å². The van der Waals surface area contributed by atoms with Gasteiger partial charge in [-0.2, -0.15) is 0 Å². The number of hydrogen-bond acceptors (Lipinski definition) is 5. The predicted octanol–water partition coefficient (Wildman–Crippen LogP) is 2.32. The van der Waals surface area contributed by atoms with E-state index in [4.69, 9.17) is 14.3 Å². The number of methoxy groups -OCH3 is 2. The fourth-order valence-corrected chi connectivity index (χ4v) is 2.04. The van der Waals surface area contributed by atoms with Gasteiger partial charge in [-0.15, -0.1) is 0 Å². The van der Waals surface area contributed by atoms with Crippen LogP contribution in [0.25, 0.3) is 0 Å². The van der Waals surface area contributed by atoms with Crippen molar-refractivity contribution in [3.05, 3.63) is 23.8 Å². The summed E-state index contributed by atoms with van der Waals surface area (Å²) in [6, 6.07) is 5.04. The van der Waals surface area contributed by atoms with E-state index in [9.17, 15) is 9.59 Å². The minimum atomic E-state index is -0.157. The summed E-state index contributed by atoms with van der Waals surface area (Å²) in [5.41, 5.74) is 0.539. The minimum Gasteiger partial charge on any atom is -0.493 e. The van der Waals surface area contributed by atoms with Crippen molar-refractivity contribution in [3.8, 4) is 11.5 Å². The molecule has 1 aromatic rings. The van der Waals surface area contributed by atoms with Crippen LogP contribution in [-0.4, -0.2) is 45.1 Å². The summed E-state index contributed by atoms with van der Waals surface area (Å²) >= 11 is 0. The first-order chi connectivity index (χ1) is 10.4. The molecule has 0 heterocycles. The number of carbonyl (C=O) groups is 2. The molecule has 1 rings (SSSR count). The van der Waals surface area contributed by atoms with E-state index in [1.807, 2.05) is 6.92 Å². The number of benzene rings is 1. The van der Waals surface area contributed by atoms with E-state index in [1.54, 1.807) is 32.4 Å². The van der Waals surface area contributed by atoms with Gasteiger partial charge in [-0.25, -0.2) is 5.06 Å². The first kappa shape index (κ1) is 18.0. The highest BCUT2D eigenvalue weighted by Crippen LogP contribution is 2.28. The SMILES string of the molecule is COc1ccc(C(=O)CC(C)CC(=O)N(C)OC)cc1OC. The van der Waals surface area contributed by atoms with Crippen molar-refractivity contribution in [1.29, 1.82) is 0 Å². The number of nitrogens with zero attached hydrogens (tertiary/aromatic N) is 1. The van der Waals surface area contributed by atoms with Crippen LogP contribution in [0, 0.1) is 5.92 Å². The maximum absolute atomic E-state index is 12.3. The lowest BCUT2D eigenvalue weighted by molar-refractivity contribution is -0.169. The molecule has 0 aliphatic carbocycles. The zero-order valence-electron chi connectivity index (χ0n) is 13.7. The molecule has 6 heteroatoms. The van der Waals surface area contributed by atoms with Crippen LogP contribution in [0.2, 0.25) is 0 Å². The molecule has 22 heavy (non-hydrogen) atoms. The van der Waals surface area contributed by atoms with Gasteiger partial charge in [0, 0.05) is 25.5 Å². The van der Waals surface area contributed by atoms with Gasteiger partial charge < -0.3 is 9.47 Å². The van der Waals surface area contributed by atoms with Crippen LogP contribution < -0.4 is 9.47 Å². The van der Waals surface area contributed by atoms with Gasteiger partial charge in [0.15, 0.2) is 17.3 Å². The molecular weight excluding hydrogens is 286 g/mol. The number of hydrogen-bond donors (Lipinski definition) is 0. The van der Waals surface area contributed by atoms with E-state index in [0.29, 0.717) is 17.1 Å². The molecule has 1 amide bonds. The number of Topliss-reactive ketones (excluding diaryl/α,β-unsaturated/α-hetero) is 1. The molecular formula is C16H23NO5. The Morgan fingerprint density at radius 2 is 1.73 bits per heavy atom. The lowest BCUT2D eigenvalue weighted by atomic mass is 9.96. The first-order valence-electron chi connectivity index (χ1n) is 6.98. The Kier molecular flexibility index (Phi) is 6.85. The maximum Gasteiger partial charge on any atom is 0.246 e. The predicted molar refractivity (Wildman–Crippen MR) is 82.1 cm³/mol. The van der Waals surface area contributed by atoms with Crippen LogP contribution in [0.4, 0.5) is 0 Å². The zero-order valence-corrected chi connectivity index (χ0v) is 13.7. The third-order valence-electron chi connectivity index (χ3n) is 3.39. The van der Waals surface area contributed by atoms with E-state index < -0.39 is 0 Å². The van der Waals surface area contributed by atoms with Crippen LogP contribution in [0.1, 0.15) is 30.1 Å². The number of ketones is 1. The summed E-state index contributed by atoms with van der Waals surface area (Å²) in [7, 11) is 6.04. The van der Waals surface area contributed by atoms with Crippen molar-refractivity contribution < 1.29 is 23.9 Å². The second-order valence-electron chi connectivity index (χ2n) is 5.08. The summed E-state index contributed by atoms with van der Waals surface area (Å²) in [5.74, 6) is 0.808. The Hall–Kier alpha value is -2.08. The van der Waals surface area contributed by atoms with Gasteiger partial charge in [-0.3, -0.25) is 14.4 Å². The molecule has 6 nitrogen and oxygen atoms in total. The molecule has 1 aromatic carbocycles. The molecule has 0 N–H and O–H groups in total. The Morgan fingerprint density at radius 3 is 2.27 bits per heavy atom. The minimum absolute atomic E-state index is 0.0404. The molecule has 1 atom stereocenters. The fourth-order valence-electron chi connectivity index (χ4n) is 2.04. The van der Waals surface area contributed by atoms with Crippen LogP contribution in [0.15, 0.2) is 18.2 Å². The highest BCUT2D eigenvalue weighted by molar-refractivity contribution is 5.97. The molecule has 0 radical (unpaired) electrons. The van der Waals surface area contributed by atoms with E-state index in [1.165, 1.54) is 14.2 Å². The summed E-state index contributed by atoms with van der Waals surface area (Å²) in [6.07, 6.45) is 0.530. The molecule has 0 bridgehead atoms. The van der Waals surface area contributed by atoms with Gasteiger partial charge in [0.05, 0.1) is 21.3 Å². The first-order valence-corrected chi connectivity index (χ1v) is 6.98. The van der Waals surface area contributed by atoms with Crippen molar-refractivity contribution in [1.82, 2.24) is 5.06 Å².